The van der Waals surface area contributed by atoms with Crippen molar-refractivity contribution < 1.29 is 26.7 Å². The number of benzene rings is 1. The molecule has 0 fully saturated rings. The van der Waals surface area contributed by atoms with Gasteiger partial charge >= 0.3 is 6.61 Å². The molecule has 1 amide bonds. The summed E-state index contributed by atoms with van der Waals surface area (Å²) < 4.78 is 55.8. The number of hydrogen-bond donors (Lipinski definition) is 0. The number of ether oxygens (including phenoxy) is 1. The van der Waals surface area contributed by atoms with Crippen LogP contribution in [0, 0.1) is 0 Å². The number of alkyl halides is 2. The molecule has 11 heteroatoms. The summed E-state index contributed by atoms with van der Waals surface area (Å²) in [5, 5.41) is 0. The number of aromatic nitrogens is 2. The van der Waals surface area contributed by atoms with Gasteiger partial charge in [0.15, 0.2) is 0 Å². The van der Waals surface area contributed by atoms with Crippen LogP contribution >= 0.6 is 0 Å². The van der Waals surface area contributed by atoms with Crippen molar-refractivity contribution in [2.24, 2.45) is 0 Å². The number of carbonyl (C=O) groups excluding carboxylic acids is 1. The normalized spacial score (nSPS) is 17.0. The Hall–Kier alpha value is -2.92. The number of hydrogen-bond acceptors (Lipinski definition) is 6. The first-order valence-corrected chi connectivity index (χ1v) is 10.6. The molecule has 0 saturated carbocycles. The van der Waals surface area contributed by atoms with Gasteiger partial charge in [0.25, 0.3) is 0 Å². The van der Waals surface area contributed by atoms with Crippen molar-refractivity contribution in [2.45, 2.75) is 17.9 Å². The molecule has 0 N–H and O–H groups in total. The quantitative estimate of drug-likeness (QED) is 0.637. The van der Waals surface area contributed by atoms with Crippen molar-refractivity contribution in [3.8, 4) is 5.75 Å². The van der Waals surface area contributed by atoms with Gasteiger partial charge in [-0.1, -0.05) is 0 Å². The van der Waals surface area contributed by atoms with Gasteiger partial charge in [-0.2, -0.15) is 13.1 Å². The summed E-state index contributed by atoms with van der Waals surface area (Å²) in [6.07, 6.45) is 3.25. The van der Waals surface area contributed by atoms with Crippen molar-refractivity contribution in [2.75, 3.05) is 26.2 Å². The number of nitrogens with zero attached hydrogens (tertiary/aromatic N) is 4. The average molecular weight is 436 g/mol. The zero-order chi connectivity index (χ0) is 21.3. The Labute approximate surface area is 171 Å². The molecule has 3 heterocycles. The lowest BCUT2D eigenvalue weighted by atomic mass is 10.2. The van der Waals surface area contributed by atoms with E-state index in [0.717, 1.165) is 11.1 Å². The van der Waals surface area contributed by atoms with E-state index in [1.807, 2.05) is 0 Å². The van der Waals surface area contributed by atoms with Crippen molar-refractivity contribution in [1.29, 1.82) is 0 Å². The lowest BCUT2D eigenvalue weighted by Crippen LogP contribution is -2.37. The predicted molar refractivity (Wildman–Crippen MR) is 101 cm³/mol. The number of halogens is 2. The van der Waals surface area contributed by atoms with E-state index in [2.05, 4.69) is 14.7 Å². The molecule has 158 valence electrons. The Morgan fingerprint density at radius 2 is 1.63 bits per heavy atom. The van der Waals surface area contributed by atoms with Crippen molar-refractivity contribution in [3.63, 3.8) is 0 Å². The van der Waals surface area contributed by atoms with Gasteiger partial charge in [-0.3, -0.25) is 4.79 Å². The lowest BCUT2D eigenvalue weighted by Gasteiger charge is -2.22. The molecule has 0 unspecified atom stereocenters. The van der Waals surface area contributed by atoms with Crippen LogP contribution in [0.1, 0.15) is 5.82 Å². The fourth-order valence-electron chi connectivity index (χ4n) is 3.50. The molecule has 4 rings (SSSR count). The number of carbonyl (C=O) groups is 1. The van der Waals surface area contributed by atoms with Crippen molar-refractivity contribution in [1.82, 2.24) is 19.2 Å². The van der Waals surface area contributed by atoms with Gasteiger partial charge < -0.3 is 9.64 Å². The molecule has 1 aromatic heterocycles. The van der Waals surface area contributed by atoms with Gasteiger partial charge in [0.1, 0.15) is 11.6 Å². The third-order valence-corrected chi connectivity index (χ3v) is 6.77. The van der Waals surface area contributed by atoms with E-state index in [1.54, 1.807) is 23.4 Å². The average Bonchev–Trinajstić information content (AvgIpc) is 3.28. The molecule has 2 aromatic rings. The minimum Gasteiger partial charge on any atom is -0.435 e. The molecule has 8 nitrogen and oxygen atoms in total. The van der Waals surface area contributed by atoms with Gasteiger partial charge in [-0.15, -0.1) is 0 Å². The second kappa shape index (κ2) is 8.07. The molecule has 0 saturated heterocycles. The Morgan fingerprint density at radius 1 is 1.03 bits per heavy atom. The zero-order valence-corrected chi connectivity index (χ0v) is 16.6. The van der Waals surface area contributed by atoms with Crippen LogP contribution in [0.3, 0.4) is 0 Å². The summed E-state index contributed by atoms with van der Waals surface area (Å²) in [5.74, 6) is 0.222. The molecule has 30 heavy (non-hydrogen) atoms. The van der Waals surface area contributed by atoms with Gasteiger partial charge in [-0.25, -0.2) is 18.4 Å². The Balaban J connectivity index is 1.37. The van der Waals surface area contributed by atoms with E-state index in [9.17, 15) is 22.0 Å². The maximum Gasteiger partial charge on any atom is 0.387 e. The SMILES string of the molecule is O=C(Cc1ncccn1)N1CC2=C(C1)CN(S(=O)(=O)c1ccc(OC(F)F)cc1)C2. The summed E-state index contributed by atoms with van der Waals surface area (Å²) in [6.45, 7) is -1.85. The van der Waals surface area contributed by atoms with Gasteiger partial charge in [-0.05, 0) is 41.5 Å². The van der Waals surface area contributed by atoms with E-state index >= 15 is 0 Å². The summed E-state index contributed by atoms with van der Waals surface area (Å²) in [7, 11) is -3.79. The molecule has 1 aromatic carbocycles. The molecule has 2 aliphatic rings. The Morgan fingerprint density at radius 3 is 2.20 bits per heavy atom. The fourth-order valence-corrected chi connectivity index (χ4v) is 4.93. The first-order valence-electron chi connectivity index (χ1n) is 9.11. The van der Waals surface area contributed by atoms with E-state index in [1.165, 1.54) is 28.6 Å². The molecule has 0 atom stereocenters. The standard InChI is InChI=1S/C19H18F2N4O4S/c20-19(21)29-15-2-4-16(5-3-15)30(27,28)25-11-13-9-24(10-14(13)12-25)18(26)8-17-22-6-1-7-23-17/h1-7,19H,8-12H2. The van der Waals surface area contributed by atoms with E-state index in [-0.39, 0.29) is 36.1 Å². The van der Waals surface area contributed by atoms with Crippen LogP contribution in [-0.2, 0) is 21.2 Å². The molecule has 0 bridgehead atoms. The zero-order valence-electron chi connectivity index (χ0n) is 15.7. The van der Waals surface area contributed by atoms with Crippen LogP contribution in [0.2, 0.25) is 0 Å². The Bertz CT molecular complexity index is 1060. The van der Waals surface area contributed by atoms with Gasteiger partial charge in [0.2, 0.25) is 15.9 Å². The third-order valence-electron chi connectivity index (χ3n) is 4.97. The molecule has 0 aliphatic carbocycles. The fraction of sp³-hybridized carbons (Fsp3) is 0.316. The van der Waals surface area contributed by atoms with Crippen LogP contribution in [0.4, 0.5) is 8.78 Å². The van der Waals surface area contributed by atoms with Crippen LogP contribution in [0.5, 0.6) is 5.75 Å². The highest BCUT2D eigenvalue weighted by atomic mass is 32.2. The highest BCUT2D eigenvalue weighted by Crippen LogP contribution is 2.30. The monoisotopic (exact) mass is 436 g/mol. The molecule has 0 spiro atoms. The second-order valence-electron chi connectivity index (χ2n) is 6.92. The molecular formula is C19H18F2N4O4S. The first-order chi connectivity index (χ1) is 14.3. The minimum absolute atomic E-state index is 0.000510. The van der Waals surface area contributed by atoms with Gasteiger partial charge in [0, 0.05) is 38.6 Å². The molecular weight excluding hydrogens is 418 g/mol. The third kappa shape index (κ3) is 4.17. The predicted octanol–water partition coefficient (Wildman–Crippen LogP) is 1.46. The van der Waals surface area contributed by atoms with Crippen LogP contribution in [0.25, 0.3) is 0 Å². The van der Waals surface area contributed by atoms with E-state index in [4.69, 9.17) is 0 Å². The first kappa shape index (κ1) is 20.4. The summed E-state index contributed by atoms with van der Waals surface area (Å²) >= 11 is 0. The highest BCUT2D eigenvalue weighted by molar-refractivity contribution is 7.89. The smallest absolute Gasteiger partial charge is 0.387 e. The second-order valence-corrected chi connectivity index (χ2v) is 8.86. The van der Waals surface area contributed by atoms with Crippen molar-refractivity contribution in [3.05, 3.63) is 59.7 Å². The number of rotatable bonds is 6. The van der Waals surface area contributed by atoms with Crippen LogP contribution in [0.15, 0.2) is 58.8 Å². The summed E-state index contributed by atoms with van der Waals surface area (Å²) in [6, 6.07) is 6.55. The van der Waals surface area contributed by atoms with E-state index in [0.29, 0.717) is 18.9 Å². The molecule has 2 aliphatic heterocycles. The maximum atomic E-state index is 12.9. The topological polar surface area (TPSA) is 92.7 Å². The van der Waals surface area contributed by atoms with Gasteiger partial charge in [0.05, 0.1) is 11.3 Å². The van der Waals surface area contributed by atoms with Crippen molar-refractivity contribution >= 4 is 15.9 Å². The summed E-state index contributed by atoms with van der Waals surface area (Å²) in [5.41, 5.74) is 1.80. The van der Waals surface area contributed by atoms with Crippen LogP contribution < -0.4 is 4.74 Å². The Kier molecular flexibility index (Phi) is 5.48. The lowest BCUT2D eigenvalue weighted by molar-refractivity contribution is -0.129. The summed E-state index contributed by atoms with van der Waals surface area (Å²) in [4.78, 5) is 22.2. The highest BCUT2D eigenvalue weighted by Gasteiger charge is 2.37. The number of sulfonamides is 1. The molecule has 0 radical (unpaired) electrons. The van der Waals surface area contributed by atoms with E-state index < -0.39 is 16.6 Å². The minimum atomic E-state index is -3.79. The van der Waals surface area contributed by atoms with Crippen LogP contribution in [-0.4, -0.2) is 66.3 Å². The largest absolute Gasteiger partial charge is 0.435 e. The maximum absolute atomic E-state index is 12.9. The number of amides is 1.